The number of aromatic nitrogens is 2. The van der Waals surface area contributed by atoms with Crippen molar-refractivity contribution >= 4 is 65.1 Å². The number of fused-ring (bicyclic) bond motifs is 3. The summed E-state index contributed by atoms with van der Waals surface area (Å²) in [6.45, 7) is 6.35. The van der Waals surface area contributed by atoms with E-state index in [2.05, 4.69) is 85.5 Å². The Balaban J connectivity index is 0.000000160. The van der Waals surface area contributed by atoms with E-state index >= 15 is 0 Å². The summed E-state index contributed by atoms with van der Waals surface area (Å²) in [5, 5.41) is 21.5. The number of nitrogens with zero attached hydrogens (tertiary/aromatic N) is 2. The Morgan fingerprint density at radius 1 is 0.605 bits per heavy atom. The van der Waals surface area contributed by atoms with Gasteiger partial charge in [0, 0.05) is 75.5 Å². The fourth-order valence-corrected chi connectivity index (χ4v) is 13.1. The van der Waals surface area contributed by atoms with Gasteiger partial charge in [0.2, 0.25) is 11.8 Å². The molecule has 5 atom stereocenters. The quantitative estimate of drug-likeness (QED) is 0.0341. The monoisotopic (exact) mass is 1260 g/mol. The summed E-state index contributed by atoms with van der Waals surface area (Å²) >= 11 is -4.54. The zero-order valence-electron chi connectivity index (χ0n) is 47.5. The summed E-state index contributed by atoms with van der Waals surface area (Å²) in [6, 6.07) is 53.3. The van der Waals surface area contributed by atoms with E-state index in [0.717, 1.165) is 68.1 Å². The van der Waals surface area contributed by atoms with Gasteiger partial charge in [-0.2, -0.15) is 10.1 Å². The van der Waals surface area contributed by atoms with Gasteiger partial charge in [-0.15, -0.1) is 0 Å². The summed E-state index contributed by atoms with van der Waals surface area (Å²) in [5.74, 6) is 10.9. The molecule has 6 N–H and O–H groups in total. The summed E-state index contributed by atoms with van der Waals surface area (Å²) in [5.41, 5.74) is 12.9. The molecule has 5 heterocycles. The van der Waals surface area contributed by atoms with E-state index in [0.29, 0.717) is 39.2 Å². The number of amides is 2. The van der Waals surface area contributed by atoms with Crippen molar-refractivity contribution in [2.75, 3.05) is 32.9 Å². The van der Waals surface area contributed by atoms with Crippen molar-refractivity contribution in [3.05, 3.63) is 247 Å². The minimum absolute atomic E-state index is 0.107. The van der Waals surface area contributed by atoms with Crippen LogP contribution in [0.1, 0.15) is 66.0 Å². The molecule has 0 aliphatic carbocycles. The van der Waals surface area contributed by atoms with E-state index < -0.39 is 43.2 Å². The number of hydrogen-bond acceptors (Lipinski definition) is 11. The van der Waals surface area contributed by atoms with E-state index in [1.165, 1.54) is 34.2 Å². The van der Waals surface area contributed by atoms with Crippen molar-refractivity contribution in [2.45, 2.75) is 51.9 Å². The van der Waals surface area contributed by atoms with Gasteiger partial charge in [-0.05, 0) is 110 Å². The molecule has 0 saturated carbocycles. The number of aliphatic hydroxyl groups is 1. The standard InChI is InChI=1S/C31H31N3O3.C31H29N3O3.C7H5IO4/c2*1-22-6-8-23(9-7-22)10-11-24-12-14-25(15-13-24)19-34-30(27(20-35)21-37-34)31(36)32-17-16-26-18-33-29-5-3-2-4-28(26)29;9-7-5-3-1-2-4-6(5)8(10,11)12-7/h2-9,12-15,18,27,30,33,35H,16-17,19-21H2,1H3,(H,32,36);2-9,12-15,18,20,27,30,33H,16-17,19,21H2,1H3,(H,32,36);1-4H,(H,10,11)/t2*27-,30+;/m11./s1. The number of aliphatic hydroxyl groups excluding tert-OH is 1. The number of nitrogens with one attached hydrogen (secondary N) is 4. The van der Waals surface area contributed by atoms with Gasteiger partial charge in [0.05, 0.1) is 38.8 Å². The van der Waals surface area contributed by atoms with Crippen LogP contribution in [0.15, 0.2) is 182 Å². The molecule has 16 nitrogen and oxygen atoms in total. The molecule has 3 aliphatic heterocycles. The Labute approximate surface area is 503 Å². The zero-order valence-corrected chi connectivity index (χ0v) is 49.7. The molecular formula is C69H65IN6O10. The normalized spacial score (nSPS) is 19.4. The van der Waals surface area contributed by atoms with Crippen LogP contribution in [0, 0.1) is 52.9 Å². The first kappa shape index (κ1) is 60.2. The fraction of sp³-hybridized carbons (Fsp3) is 0.217. The minimum atomic E-state index is -4.54. The third-order valence-electron chi connectivity index (χ3n) is 15.0. The molecule has 2 aromatic heterocycles. The van der Waals surface area contributed by atoms with Crippen LogP contribution in [-0.2, 0) is 56.1 Å². The third kappa shape index (κ3) is 15.1. The number of H-pyrrole nitrogens is 2. The zero-order chi connectivity index (χ0) is 60.0. The second-order valence-electron chi connectivity index (χ2n) is 21.1. The molecule has 7 aromatic carbocycles. The molecule has 0 radical (unpaired) electrons. The predicted octanol–water partition coefficient (Wildman–Crippen LogP) is 9.36. The number of carbonyl (C=O) groups is 4. The van der Waals surface area contributed by atoms with Crippen LogP contribution in [0.5, 0.6) is 0 Å². The number of hydroxylamine groups is 4. The summed E-state index contributed by atoms with van der Waals surface area (Å²) in [7, 11) is 0. The van der Waals surface area contributed by atoms with Gasteiger partial charge in [-0.1, -0.05) is 120 Å². The number of aryl methyl sites for hydroxylation is 2. The second-order valence-corrected chi connectivity index (χ2v) is 25.2. The van der Waals surface area contributed by atoms with E-state index in [1.807, 2.05) is 134 Å². The Hall–Kier alpha value is -8.89. The average molecular weight is 1270 g/mol. The summed E-state index contributed by atoms with van der Waals surface area (Å²) in [4.78, 5) is 67.0. The van der Waals surface area contributed by atoms with E-state index in [9.17, 15) is 30.8 Å². The van der Waals surface area contributed by atoms with Crippen LogP contribution in [0.25, 0.3) is 21.8 Å². The number of carbonyl (C=O) groups excluding carboxylic acids is 4. The Bertz CT molecular complexity index is 4030. The molecule has 1 unspecified atom stereocenters. The van der Waals surface area contributed by atoms with Gasteiger partial charge in [0.1, 0.15) is 18.4 Å². The molecule has 2 fully saturated rings. The first-order valence-electron chi connectivity index (χ1n) is 28.2. The molecule has 17 heteroatoms. The number of hydrogen-bond donors (Lipinski definition) is 6. The molecule has 0 spiro atoms. The van der Waals surface area contributed by atoms with E-state index in [4.69, 9.17) is 9.68 Å². The molecule has 2 amide bonds. The van der Waals surface area contributed by atoms with Crippen LogP contribution >= 0.6 is 19.3 Å². The van der Waals surface area contributed by atoms with Gasteiger partial charge in [0.15, 0.2) is 0 Å². The summed E-state index contributed by atoms with van der Waals surface area (Å²) in [6.07, 6.45) is 6.20. The SMILES string of the molecule is Cc1ccc(C#Cc2ccc(CN3OC[C@@H](C=O)[C@H]3C(=O)NCCc3c[nH]c4ccccc34)cc2)cc1.Cc1ccc(C#Cc2ccc(CN3OC[C@@H](CO)[C@H]3C(=O)NCCc3c[nH]c4ccccc34)cc2)cc1.O=C1OI(=O)(O)c2ccccc21. The van der Waals surface area contributed by atoms with Crippen LogP contribution in [0.4, 0.5) is 0 Å². The van der Waals surface area contributed by atoms with Gasteiger partial charge in [-0.3, -0.25) is 19.3 Å². The van der Waals surface area contributed by atoms with Crippen molar-refractivity contribution in [1.29, 1.82) is 0 Å². The first-order chi connectivity index (χ1) is 41.8. The third-order valence-corrected chi connectivity index (χ3v) is 18.4. The van der Waals surface area contributed by atoms with Crippen LogP contribution < -0.4 is 10.6 Å². The maximum absolute atomic E-state index is 13.1. The van der Waals surface area contributed by atoms with Crippen molar-refractivity contribution in [3.63, 3.8) is 0 Å². The molecule has 3 aliphatic rings. The number of aldehydes is 1. The molecule has 2 saturated heterocycles. The average Bonchev–Trinajstić information content (AvgIpc) is 4.08. The Kier molecular flexibility index (Phi) is 19.8. The van der Waals surface area contributed by atoms with Gasteiger partial charge in [0.25, 0.3) is 0 Å². The van der Waals surface area contributed by atoms with Crippen molar-refractivity contribution in [2.24, 2.45) is 11.8 Å². The summed E-state index contributed by atoms with van der Waals surface area (Å²) < 4.78 is 24.9. The van der Waals surface area contributed by atoms with Gasteiger partial charge in [-0.25, -0.2) is 0 Å². The molecule has 0 bridgehead atoms. The number of para-hydroxylation sites is 2. The van der Waals surface area contributed by atoms with Gasteiger partial charge < -0.3 is 30.5 Å². The number of halogens is 1. The Morgan fingerprint density at radius 2 is 1.03 bits per heavy atom. The van der Waals surface area contributed by atoms with E-state index in [1.54, 1.807) is 22.3 Å². The topological polar surface area (TPSA) is 216 Å². The number of benzene rings is 7. The maximum atomic E-state index is 13.1. The van der Waals surface area contributed by atoms with Crippen LogP contribution in [-0.4, -0.2) is 97.7 Å². The molecule has 12 rings (SSSR count). The molecular weight excluding hydrogens is 1200 g/mol. The Morgan fingerprint density at radius 3 is 1.51 bits per heavy atom. The van der Waals surface area contributed by atoms with Crippen molar-refractivity contribution < 1.29 is 43.5 Å². The predicted molar refractivity (Wildman–Crippen MR) is 335 cm³/mol. The first-order valence-corrected chi connectivity index (χ1v) is 32.0. The van der Waals surface area contributed by atoms with Gasteiger partial charge >= 0.3 is 73.0 Å². The van der Waals surface area contributed by atoms with Crippen molar-refractivity contribution in [1.82, 2.24) is 30.7 Å². The molecule has 86 heavy (non-hydrogen) atoms. The fourth-order valence-electron chi connectivity index (χ4n) is 10.2. The second kappa shape index (κ2) is 28.3. The molecule has 438 valence electrons. The van der Waals surface area contributed by atoms with E-state index in [-0.39, 0.29) is 40.1 Å². The van der Waals surface area contributed by atoms with Crippen LogP contribution in [0.3, 0.4) is 0 Å². The molecule has 9 aromatic rings. The van der Waals surface area contributed by atoms with Crippen molar-refractivity contribution in [3.8, 4) is 23.7 Å². The number of aromatic amines is 2. The number of rotatable bonds is 14. The van der Waals surface area contributed by atoms with Crippen LogP contribution in [0.2, 0.25) is 0 Å².